The third-order valence-corrected chi connectivity index (χ3v) is 6.92. The van der Waals surface area contributed by atoms with Gasteiger partial charge >= 0.3 is 6.18 Å². The maximum absolute atomic E-state index is 13.1. The molecule has 0 spiro atoms. The lowest BCUT2D eigenvalue weighted by atomic mass is 9.97. The van der Waals surface area contributed by atoms with Crippen molar-refractivity contribution < 1.29 is 13.2 Å². The Kier molecular flexibility index (Phi) is 6.04. The van der Waals surface area contributed by atoms with Crippen LogP contribution in [0.2, 0.25) is 0 Å². The van der Waals surface area contributed by atoms with Gasteiger partial charge in [-0.3, -0.25) is 14.7 Å². The topological polar surface area (TPSA) is 61.9 Å². The Labute approximate surface area is 216 Å². The van der Waals surface area contributed by atoms with Crippen LogP contribution in [0, 0.1) is 0 Å². The summed E-state index contributed by atoms with van der Waals surface area (Å²) in [4.78, 5) is 26.2. The number of alkyl halides is 3. The summed E-state index contributed by atoms with van der Waals surface area (Å²) in [6.45, 7) is 1.76. The van der Waals surface area contributed by atoms with E-state index in [1.165, 1.54) is 6.07 Å². The number of halogens is 3. The first kappa shape index (κ1) is 24.1. The first-order chi connectivity index (χ1) is 18.3. The summed E-state index contributed by atoms with van der Waals surface area (Å²) < 4.78 is 39.4. The molecule has 38 heavy (non-hydrogen) atoms. The van der Waals surface area contributed by atoms with Crippen LogP contribution in [-0.2, 0) is 25.7 Å². The largest absolute Gasteiger partial charge is 0.417 e. The summed E-state index contributed by atoms with van der Waals surface area (Å²) in [7, 11) is 0. The molecule has 0 bridgehead atoms. The molecular weight excluding hydrogens is 489 g/mol. The minimum Gasteiger partial charge on any atom is -0.328 e. The zero-order valence-corrected chi connectivity index (χ0v) is 20.3. The molecule has 1 aliphatic rings. The number of pyridine rings is 3. The lowest BCUT2D eigenvalue weighted by molar-refractivity contribution is -0.137. The second-order valence-electron chi connectivity index (χ2n) is 9.48. The Morgan fingerprint density at radius 2 is 1.74 bits per heavy atom. The molecule has 2 aromatic carbocycles. The molecule has 4 heterocycles. The van der Waals surface area contributed by atoms with E-state index in [0.29, 0.717) is 36.0 Å². The van der Waals surface area contributed by atoms with E-state index in [9.17, 15) is 18.0 Å². The Morgan fingerprint density at radius 1 is 0.947 bits per heavy atom. The fourth-order valence-electron chi connectivity index (χ4n) is 4.97. The lowest BCUT2D eigenvalue weighted by Gasteiger charge is -2.28. The van der Waals surface area contributed by atoms with E-state index in [1.54, 1.807) is 12.3 Å². The second-order valence-corrected chi connectivity index (χ2v) is 9.48. The van der Waals surface area contributed by atoms with Gasteiger partial charge in [0.15, 0.2) is 0 Å². The molecule has 0 aliphatic carbocycles. The van der Waals surface area contributed by atoms with Crippen LogP contribution in [0.5, 0.6) is 0 Å². The average Bonchev–Trinajstić information content (AvgIpc) is 2.93. The minimum absolute atomic E-state index is 0.185. The van der Waals surface area contributed by atoms with Crippen LogP contribution in [-0.4, -0.2) is 26.4 Å². The molecule has 3 aromatic heterocycles. The molecule has 0 radical (unpaired) electrons. The third-order valence-electron chi connectivity index (χ3n) is 6.92. The number of H-pyrrole nitrogens is 1. The highest BCUT2D eigenvalue weighted by Gasteiger charge is 2.32. The van der Waals surface area contributed by atoms with Crippen molar-refractivity contribution >= 4 is 10.9 Å². The predicted molar refractivity (Wildman–Crippen MR) is 140 cm³/mol. The van der Waals surface area contributed by atoms with Crippen molar-refractivity contribution in [2.24, 2.45) is 0 Å². The van der Waals surface area contributed by atoms with Gasteiger partial charge in [0.05, 0.1) is 22.2 Å². The maximum atomic E-state index is 13.1. The van der Waals surface area contributed by atoms with Gasteiger partial charge in [0.2, 0.25) is 0 Å². The van der Waals surface area contributed by atoms with Crippen LogP contribution in [0.25, 0.3) is 33.3 Å². The molecule has 190 valence electrons. The summed E-state index contributed by atoms with van der Waals surface area (Å²) in [6, 6.07) is 22.8. The second kappa shape index (κ2) is 9.54. The first-order valence-electron chi connectivity index (χ1n) is 12.3. The number of nitrogens with zero attached hydrogens (tertiary/aromatic N) is 3. The summed E-state index contributed by atoms with van der Waals surface area (Å²) >= 11 is 0. The van der Waals surface area contributed by atoms with Gasteiger partial charge in [-0.1, -0.05) is 54.6 Å². The van der Waals surface area contributed by atoms with E-state index in [4.69, 9.17) is 4.98 Å². The monoisotopic (exact) mass is 512 g/mol. The molecule has 1 N–H and O–H groups in total. The predicted octanol–water partition coefficient (Wildman–Crippen LogP) is 6.23. The highest BCUT2D eigenvalue weighted by atomic mass is 19.4. The molecule has 0 unspecified atom stereocenters. The average molecular weight is 513 g/mol. The highest BCUT2D eigenvalue weighted by Crippen LogP contribution is 2.34. The van der Waals surface area contributed by atoms with Crippen molar-refractivity contribution in [3.8, 4) is 22.4 Å². The molecule has 0 saturated carbocycles. The van der Waals surface area contributed by atoms with Gasteiger partial charge < -0.3 is 4.98 Å². The molecule has 0 fully saturated rings. The normalized spacial score (nSPS) is 14.0. The fraction of sp³-hybridized carbons (Fsp3) is 0.167. The molecule has 0 atom stereocenters. The van der Waals surface area contributed by atoms with Crippen molar-refractivity contribution in [2.75, 3.05) is 6.54 Å². The SMILES string of the molecule is O=c1[nH]ccc2nc(-c3ccc(CN4CCc5ncc(C(F)(F)F)cc5C4)cc3)c(-c3ccccc3)cc12. The Hall–Kier alpha value is -4.30. The van der Waals surface area contributed by atoms with E-state index >= 15 is 0 Å². The molecule has 0 amide bonds. The van der Waals surface area contributed by atoms with Crippen LogP contribution >= 0.6 is 0 Å². The van der Waals surface area contributed by atoms with Gasteiger partial charge in [-0.25, -0.2) is 4.98 Å². The summed E-state index contributed by atoms with van der Waals surface area (Å²) in [5.74, 6) is 0. The standard InChI is InChI=1S/C30H23F3N4O/c31-30(32,33)23-14-22-18-37(13-11-26(22)35-16-23)17-19-6-8-21(9-7-19)28-24(20-4-2-1-3-5-20)15-25-27(36-28)10-12-34-29(25)38/h1-10,12,14-16H,11,13,17-18H2,(H,34,38). The van der Waals surface area contributed by atoms with Gasteiger partial charge in [0, 0.05) is 55.3 Å². The molecule has 6 rings (SSSR count). The van der Waals surface area contributed by atoms with E-state index in [0.717, 1.165) is 46.4 Å². The number of fused-ring (bicyclic) bond motifs is 2. The molecule has 1 aliphatic heterocycles. The van der Waals surface area contributed by atoms with Gasteiger partial charge in [0.1, 0.15) is 0 Å². The van der Waals surface area contributed by atoms with Crippen LogP contribution in [0.4, 0.5) is 13.2 Å². The van der Waals surface area contributed by atoms with Crippen molar-refractivity contribution in [1.82, 2.24) is 19.9 Å². The van der Waals surface area contributed by atoms with Crippen LogP contribution in [0.15, 0.2) is 90.0 Å². The van der Waals surface area contributed by atoms with Crippen molar-refractivity contribution in [3.05, 3.63) is 118 Å². The quantitative estimate of drug-likeness (QED) is 0.310. The van der Waals surface area contributed by atoms with Crippen LogP contribution < -0.4 is 5.56 Å². The Balaban J connectivity index is 1.29. The van der Waals surface area contributed by atoms with Crippen LogP contribution in [0.1, 0.15) is 22.4 Å². The van der Waals surface area contributed by atoms with Gasteiger partial charge in [-0.05, 0) is 34.9 Å². The number of hydrogen-bond acceptors (Lipinski definition) is 4. The number of benzene rings is 2. The lowest BCUT2D eigenvalue weighted by Crippen LogP contribution is -2.31. The van der Waals surface area contributed by atoms with Crippen LogP contribution in [0.3, 0.4) is 0 Å². The zero-order chi connectivity index (χ0) is 26.3. The summed E-state index contributed by atoms with van der Waals surface area (Å²) in [5, 5.41) is 0.528. The van der Waals surface area contributed by atoms with E-state index in [2.05, 4.69) is 14.9 Å². The molecule has 5 aromatic rings. The molecule has 5 nitrogen and oxygen atoms in total. The number of hydrogen-bond donors (Lipinski definition) is 1. The van der Waals surface area contributed by atoms with Crippen molar-refractivity contribution in [3.63, 3.8) is 0 Å². The fourth-order valence-corrected chi connectivity index (χ4v) is 4.97. The summed E-state index contributed by atoms with van der Waals surface area (Å²) in [5.41, 5.74) is 5.66. The number of aromatic nitrogens is 3. The van der Waals surface area contributed by atoms with E-state index in [-0.39, 0.29) is 5.56 Å². The number of aromatic amines is 1. The number of rotatable bonds is 4. The van der Waals surface area contributed by atoms with Gasteiger partial charge in [-0.15, -0.1) is 0 Å². The zero-order valence-electron chi connectivity index (χ0n) is 20.3. The van der Waals surface area contributed by atoms with Crippen molar-refractivity contribution in [2.45, 2.75) is 25.7 Å². The molecule has 8 heteroatoms. The van der Waals surface area contributed by atoms with Gasteiger partial charge in [-0.2, -0.15) is 13.2 Å². The summed E-state index contributed by atoms with van der Waals surface area (Å²) in [6.07, 6.45) is -1.26. The van der Waals surface area contributed by atoms with Gasteiger partial charge in [0.25, 0.3) is 5.56 Å². The molecular formula is C30H23F3N4O. The van der Waals surface area contributed by atoms with Crippen molar-refractivity contribution in [1.29, 1.82) is 0 Å². The Morgan fingerprint density at radius 3 is 2.50 bits per heavy atom. The smallest absolute Gasteiger partial charge is 0.328 e. The van der Waals surface area contributed by atoms with E-state index < -0.39 is 11.7 Å². The third kappa shape index (κ3) is 4.70. The number of nitrogens with one attached hydrogen (secondary N) is 1. The highest BCUT2D eigenvalue weighted by molar-refractivity contribution is 5.91. The maximum Gasteiger partial charge on any atom is 0.417 e. The van der Waals surface area contributed by atoms with E-state index in [1.807, 2.05) is 60.7 Å². The molecule has 0 saturated heterocycles. The minimum atomic E-state index is -4.40. The first-order valence-corrected chi connectivity index (χ1v) is 12.3. The Bertz CT molecular complexity index is 1680.